The third-order valence-electron chi connectivity index (χ3n) is 3.34. The van der Waals surface area contributed by atoms with E-state index < -0.39 is 18.1 Å². The second-order valence-corrected chi connectivity index (χ2v) is 5.65. The maximum absolute atomic E-state index is 12.0. The number of carbonyl (C=O) groups excluding carboxylic acids is 1. The Labute approximate surface area is 126 Å². The highest BCUT2D eigenvalue weighted by molar-refractivity contribution is 7.99. The van der Waals surface area contributed by atoms with E-state index in [0.29, 0.717) is 19.0 Å². The van der Waals surface area contributed by atoms with Crippen molar-refractivity contribution in [3.63, 3.8) is 0 Å². The van der Waals surface area contributed by atoms with E-state index in [-0.39, 0.29) is 29.0 Å². The molecule has 0 amide bonds. The van der Waals surface area contributed by atoms with Crippen molar-refractivity contribution in [2.45, 2.75) is 24.7 Å². The summed E-state index contributed by atoms with van der Waals surface area (Å²) >= 11 is 1.62. The smallest absolute Gasteiger partial charge is 0.357 e. The first-order chi connectivity index (χ1) is 10.1. The highest BCUT2D eigenvalue weighted by Crippen LogP contribution is 2.30. The van der Waals surface area contributed by atoms with Crippen LogP contribution in [0.4, 0.5) is 0 Å². The third kappa shape index (κ3) is 3.28. The van der Waals surface area contributed by atoms with Gasteiger partial charge in [0.05, 0.1) is 37.9 Å². The lowest BCUT2D eigenvalue weighted by Crippen LogP contribution is -2.27. The van der Waals surface area contributed by atoms with Gasteiger partial charge in [0, 0.05) is 5.25 Å². The molecule has 1 aliphatic rings. The van der Waals surface area contributed by atoms with Crippen molar-refractivity contribution in [3.05, 3.63) is 27.4 Å². The number of carbonyl (C=O) groups is 1. The van der Waals surface area contributed by atoms with Crippen molar-refractivity contribution < 1.29 is 19.4 Å². The second-order valence-electron chi connectivity index (χ2n) is 4.58. The van der Waals surface area contributed by atoms with E-state index in [9.17, 15) is 14.7 Å². The first kappa shape index (κ1) is 16.0. The predicted octanol–water partition coefficient (Wildman–Crippen LogP) is 0.284. The van der Waals surface area contributed by atoms with Gasteiger partial charge in [-0.15, -0.1) is 0 Å². The number of esters is 1. The van der Waals surface area contributed by atoms with E-state index in [4.69, 9.17) is 9.47 Å². The van der Waals surface area contributed by atoms with Gasteiger partial charge in [-0.3, -0.25) is 4.79 Å². The molecule has 7 nitrogen and oxygen atoms in total. The molecule has 1 saturated heterocycles. The SMILES string of the molecule is CCOC(=O)c1nc(C2COCC2SC)[nH]c(=O)c1CO. The highest BCUT2D eigenvalue weighted by Gasteiger charge is 2.32. The monoisotopic (exact) mass is 314 g/mol. The highest BCUT2D eigenvalue weighted by atomic mass is 32.2. The van der Waals surface area contributed by atoms with Crippen molar-refractivity contribution in [3.8, 4) is 0 Å². The van der Waals surface area contributed by atoms with Crippen molar-refractivity contribution in [1.82, 2.24) is 9.97 Å². The van der Waals surface area contributed by atoms with Crippen molar-refractivity contribution in [2.75, 3.05) is 26.1 Å². The molecule has 0 radical (unpaired) electrons. The summed E-state index contributed by atoms with van der Waals surface area (Å²) in [4.78, 5) is 30.8. The molecule has 2 heterocycles. The molecule has 0 aliphatic carbocycles. The number of aliphatic hydroxyl groups excluding tert-OH is 1. The molecule has 1 aromatic heterocycles. The summed E-state index contributed by atoms with van der Waals surface area (Å²) in [5.41, 5.74) is -0.709. The van der Waals surface area contributed by atoms with Crippen molar-refractivity contribution in [2.24, 2.45) is 0 Å². The van der Waals surface area contributed by atoms with Crippen LogP contribution < -0.4 is 5.56 Å². The summed E-state index contributed by atoms with van der Waals surface area (Å²) < 4.78 is 10.3. The standard InChI is InChI=1S/C13H18N2O5S/c1-3-20-13(18)10-7(4-16)12(17)15-11(14-10)8-5-19-6-9(8)21-2/h8-9,16H,3-6H2,1-2H3,(H,14,15,17). The Kier molecular flexibility index (Phi) is 5.38. The summed E-state index contributed by atoms with van der Waals surface area (Å²) in [6.07, 6.45) is 1.96. The van der Waals surface area contributed by atoms with Crippen molar-refractivity contribution >= 4 is 17.7 Å². The molecular formula is C13H18N2O5S. The first-order valence-electron chi connectivity index (χ1n) is 6.63. The number of aromatic nitrogens is 2. The molecule has 0 saturated carbocycles. The van der Waals surface area contributed by atoms with Gasteiger partial charge in [-0.05, 0) is 13.2 Å². The van der Waals surface area contributed by atoms with Gasteiger partial charge >= 0.3 is 5.97 Å². The van der Waals surface area contributed by atoms with Crippen LogP contribution in [-0.4, -0.2) is 52.4 Å². The number of hydrogen-bond acceptors (Lipinski definition) is 7. The molecule has 0 bridgehead atoms. The van der Waals surface area contributed by atoms with Gasteiger partial charge in [0.1, 0.15) is 5.82 Å². The molecule has 0 spiro atoms. The molecule has 1 fully saturated rings. The maximum atomic E-state index is 12.0. The van der Waals surface area contributed by atoms with E-state index in [1.807, 2.05) is 6.26 Å². The normalized spacial score (nSPS) is 21.5. The number of hydrogen-bond donors (Lipinski definition) is 2. The number of nitrogens with one attached hydrogen (secondary N) is 1. The number of rotatable bonds is 5. The average Bonchev–Trinajstić information content (AvgIpc) is 2.95. The summed E-state index contributed by atoms with van der Waals surface area (Å²) in [6.45, 7) is 2.29. The van der Waals surface area contributed by atoms with Crippen LogP contribution in [0.3, 0.4) is 0 Å². The molecule has 2 rings (SSSR count). The van der Waals surface area contributed by atoms with Crippen LogP contribution in [0.2, 0.25) is 0 Å². The van der Waals surface area contributed by atoms with E-state index in [2.05, 4.69) is 9.97 Å². The fourth-order valence-electron chi connectivity index (χ4n) is 2.23. The van der Waals surface area contributed by atoms with Gasteiger partial charge < -0.3 is 19.6 Å². The summed E-state index contributed by atoms with van der Waals surface area (Å²) in [5.74, 6) is -0.390. The Bertz CT molecular complexity index is 574. The molecule has 1 aromatic rings. The van der Waals surface area contributed by atoms with Gasteiger partial charge in [-0.25, -0.2) is 9.78 Å². The van der Waals surface area contributed by atoms with Crippen LogP contribution in [0.5, 0.6) is 0 Å². The van der Waals surface area contributed by atoms with E-state index >= 15 is 0 Å². The lowest BCUT2D eigenvalue weighted by molar-refractivity contribution is 0.0514. The Morgan fingerprint density at radius 2 is 2.33 bits per heavy atom. The maximum Gasteiger partial charge on any atom is 0.357 e. The number of H-pyrrole nitrogens is 1. The molecule has 2 atom stereocenters. The Morgan fingerprint density at radius 1 is 1.57 bits per heavy atom. The van der Waals surface area contributed by atoms with Crippen molar-refractivity contribution in [1.29, 1.82) is 0 Å². The van der Waals surface area contributed by atoms with Crippen LogP contribution in [0, 0.1) is 0 Å². The minimum atomic E-state index is -0.700. The molecule has 21 heavy (non-hydrogen) atoms. The molecule has 0 aromatic carbocycles. The fraction of sp³-hybridized carbons (Fsp3) is 0.615. The van der Waals surface area contributed by atoms with Gasteiger partial charge in [0.2, 0.25) is 0 Å². The molecule has 2 unspecified atom stereocenters. The minimum Gasteiger partial charge on any atom is -0.461 e. The Balaban J connectivity index is 2.44. The van der Waals surface area contributed by atoms with Crippen LogP contribution in [0.1, 0.15) is 34.7 Å². The largest absolute Gasteiger partial charge is 0.461 e. The zero-order chi connectivity index (χ0) is 15.4. The quantitative estimate of drug-likeness (QED) is 0.753. The zero-order valence-electron chi connectivity index (χ0n) is 11.9. The van der Waals surface area contributed by atoms with E-state index in [1.54, 1.807) is 18.7 Å². The number of aliphatic hydroxyl groups is 1. The number of nitrogens with zero attached hydrogens (tertiary/aromatic N) is 1. The predicted molar refractivity (Wildman–Crippen MR) is 77.6 cm³/mol. The minimum absolute atomic E-state index is 0.0724. The lowest BCUT2D eigenvalue weighted by atomic mass is 10.1. The fourth-order valence-corrected chi connectivity index (χ4v) is 3.00. The van der Waals surface area contributed by atoms with Gasteiger partial charge in [-0.1, -0.05) is 0 Å². The second kappa shape index (κ2) is 7.06. The first-order valence-corrected chi connectivity index (χ1v) is 7.92. The number of ether oxygens (including phenoxy) is 2. The molecular weight excluding hydrogens is 296 g/mol. The number of aromatic amines is 1. The van der Waals surface area contributed by atoms with Gasteiger partial charge in [0.15, 0.2) is 5.69 Å². The summed E-state index contributed by atoms with van der Waals surface area (Å²) in [6, 6.07) is 0. The number of thioether (sulfide) groups is 1. The van der Waals surface area contributed by atoms with Crippen LogP contribution in [0.25, 0.3) is 0 Å². The molecule has 1 aliphatic heterocycles. The average molecular weight is 314 g/mol. The Hall–Kier alpha value is -1.38. The summed E-state index contributed by atoms with van der Waals surface area (Å²) in [5, 5.41) is 9.44. The van der Waals surface area contributed by atoms with Gasteiger partial charge in [-0.2, -0.15) is 11.8 Å². The van der Waals surface area contributed by atoms with Crippen LogP contribution in [0.15, 0.2) is 4.79 Å². The van der Waals surface area contributed by atoms with Gasteiger partial charge in [0.25, 0.3) is 5.56 Å². The van der Waals surface area contributed by atoms with Crippen LogP contribution >= 0.6 is 11.8 Å². The molecule has 116 valence electrons. The lowest BCUT2D eigenvalue weighted by Gasteiger charge is -2.16. The van der Waals surface area contributed by atoms with E-state index in [1.165, 1.54) is 0 Å². The zero-order valence-corrected chi connectivity index (χ0v) is 12.7. The molecule has 8 heteroatoms. The Morgan fingerprint density at radius 3 is 2.95 bits per heavy atom. The topological polar surface area (TPSA) is 102 Å². The summed E-state index contributed by atoms with van der Waals surface area (Å²) in [7, 11) is 0. The van der Waals surface area contributed by atoms with E-state index in [0.717, 1.165) is 0 Å². The third-order valence-corrected chi connectivity index (χ3v) is 4.41. The van der Waals surface area contributed by atoms with Crippen LogP contribution in [-0.2, 0) is 16.1 Å². The molecule has 2 N–H and O–H groups in total.